The maximum atomic E-state index is 13.1. The van der Waals surface area contributed by atoms with Crippen molar-refractivity contribution in [2.24, 2.45) is 0 Å². The molecule has 2 aromatic carbocycles. The smallest absolute Gasteiger partial charge is 0.270 e. The summed E-state index contributed by atoms with van der Waals surface area (Å²) in [6.07, 6.45) is 0.517. The molecule has 1 aliphatic heterocycles. The number of carbonyl (C=O) groups is 1. The molecule has 1 fully saturated rings. The van der Waals surface area contributed by atoms with Gasteiger partial charge < -0.3 is 9.80 Å². The summed E-state index contributed by atoms with van der Waals surface area (Å²) in [5.41, 5.74) is 1.02. The summed E-state index contributed by atoms with van der Waals surface area (Å²) < 4.78 is 17.5. The predicted octanol–water partition coefficient (Wildman–Crippen LogP) is 4.18. The quantitative estimate of drug-likeness (QED) is 0.406. The van der Waals surface area contributed by atoms with E-state index >= 15 is 0 Å². The van der Waals surface area contributed by atoms with Crippen LogP contribution in [0.3, 0.4) is 0 Å². The topological polar surface area (TPSA) is 92.5 Å². The first kappa shape index (κ1) is 22.1. The first-order valence-electron chi connectivity index (χ1n) is 9.88. The van der Waals surface area contributed by atoms with Crippen molar-refractivity contribution in [3.05, 3.63) is 80.4 Å². The van der Waals surface area contributed by atoms with Gasteiger partial charge in [0, 0.05) is 55.8 Å². The number of halogens is 2. The third kappa shape index (κ3) is 4.71. The number of hydrogen-bond acceptors (Lipinski definition) is 7. The molecular weight excluding hydrogens is 457 g/mol. The first-order chi connectivity index (χ1) is 15.3. The molecule has 8 nitrogen and oxygen atoms in total. The van der Waals surface area contributed by atoms with Crippen molar-refractivity contribution in [3.63, 3.8) is 0 Å². The van der Waals surface area contributed by atoms with E-state index in [2.05, 4.69) is 14.3 Å². The molecule has 3 aromatic rings. The summed E-state index contributed by atoms with van der Waals surface area (Å²) >= 11 is 7.43. The lowest BCUT2D eigenvalue weighted by molar-refractivity contribution is -0.384. The Kier molecular flexibility index (Phi) is 6.33. The van der Waals surface area contributed by atoms with Crippen molar-refractivity contribution in [2.45, 2.75) is 19.4 Å². The number of piperazine rings is 1. The highest BCUT2D eigenvalue weighted by Gasteiger charge is 2.31. The number of nitro groups is 1. The number of aromatic nitrogens is 2. The lowest BCUT2D eigenvalue weighted by Gasteiger charge is -2.39. The third-order valence-corrected chi connectivity index (χ3v) is 6.41. The molecule has 1 unspecified atom stereocenters. The van der Waals surface area contributed by atoms with Crippen LogP contribution in [0, 0.1) is 15.9 Å². The van der Waals surface area contributed by atoms with Gasteiger partial charge in [0.2, 0.25) is 5.13 Å². The molecule has 2 heterocycles. The molecule has 0 spiro atoms. The maximum Gasteiger partial charge on any atom is 0.270 e. The number of rotatable bonds is 5. The minimum Gasteiger partial charge on any atom is -0.343 e. The number of nitro benzene ring substituents is 1. The van der Waals surface area contributed by atoms with Gasteiger partial charge in [0.1, 0.15) is 11.6 Å². The van der Waals surface area contributed by atoms with Gasteiger partial charge >= 0.3 is 0 Å². The highest BCUT2D eigenvalue weighted by Crippen LogP contribution is 2.27. The summed E-state index contributed by atoms with van der Waals surface area (Å²) in [7, 11) is 0. The molecule has 0 radical (unpaired) electrons. The van der Waals surface area contributed by atoms with E-state index in [1.807, 2.05) is 6.92 Å². The Morgan fingerprint density at radius 1 is 1.28 bits per heavy atom. The van der Waals surface area contributed by atoms with Crippen LogP contribution in [0.2, 0.25) is 5.02 Å². The van der Waals surface area contributed by atoms with Gasteiger partial charge in [-0.1, -0.05) is 23.7 Å². The molecule has 1 atom stereocenters. The zero-order valence-electron chi connectivity index (χ0n) is 17.1. The normalized spacial score (nSPS) is 16.3. The van der Waals surface area contributed by atoms with Crippen LogP contribution in [-0.4, -0.2) is 50.8 Å². The second-order valence-electron chi connectivity index (χ2n) is 7.51. The highest BCUT2D eigenvalue weighted by atomic mass is 35.5. The summed E-state index contributed by atoms with van der Waals surface area (Å²) in [5, 5.41) is 11.7. The van der Waals surface area contributed by atoms with E-state index in [9.17, 15) is 19.3 Å². The predicted molar refractivity (Wildman–Crippen MR) is 120 cm³/mol. The van der Waals surface area contributed by atoms with Crippen LogP contribution in [0.5, 0.6) is 0 Å². The molecule has 11 heteroatoms. The number of non-ortho nitro benzene ring substituents is 1. The highest BCUT2D eigenvalue weighted by molar-refractivity contribution is 7.09. The molecule has 1 saturated heterocycles. The molecule has 0 saturated carbocycles. The minimum atomic E-state index is -0.548. The van der Waals surface area contributed by atoms with Gasteiger partial charge in [0.05, 0.1) is 15.5 Å². The van der Waals surface area contributed by atoms with Crippen LogP contribution in [0.4, 0.5) is 15.2 Å². The van der Waals surface area contributed by atoms with Gasteiger partial charge in [-0.05, 0) is 30.7 Å². The molecule has 1 aromatic heterocycles. The van der Waals surface area contributed by atoms with E-state index in [0.29, 0.717) is 31.9 Å². The summed E-state index contributed by atoms with van der Waals surface area (Å²) in [4.78, 5) is 31.7. The molecule has 0 bridgehead atoms. The molecule has 166 valence electrons. The number of carbonyl (C=O) groups excluding carboxylic acids is 1. The number of benzene rings is 2. The van der Waals surface area contributed by atoms with Crippen LogP contribution in [0.1, 0.15) is 28.7 Å². The molecule has 4 rings (SSSR count). The van der Waals surface area contributed by atoms with Crippen molar-refractivity contribution in [1.82, 2.24) is 14.3 Å². The third-order valence-electron chi connectivity index (χ3n) is 5.29. The number of amides is 1. The van der Waals surface area contributed by atoms with Crippen molar-refractivity contribution in [3.8, 4) is 0 Å². The number of nitrogens with zero attached hydrogens (tertiary/aromatic N) is 5. The molecular formula is C21H19ClFN5O3S. The zero-order chi connectivity index (χ0) is 22.8. The van der Waals surface area contributed by atoms with E-state index in [-0.39, 0.29) is 34.0 Å². The first-order valence-corrected chi connectivity index (χ1v) is 11.0. The van der Waals surface area contributed by atoms with E-state index in [1.54, 1.807) is 17.0 Å². The SMILES string of the molecule is CC1CN(c2nc(Cc3ccc(F)cc3)ns2)CCN1C(=O)c1ccc([N+](=O)[O-])cc1Cl. The largest absolute Gasteiger partial charge is 0.343 e. The Bertz CT molecular complexity index is 1160. The lowest BCUT2D eigenvalue weighted by atomic mass is 10.1. The van der Waals surface area contributed by atoms with Crippen LogP contribution < -0.4 is 4.90 Å². The van der Waals surface area contributed by atoms with Gasteiger partial charge in [0.25, 0.3) is 11.6 Å². The van der Waals surface area contributed by atoms with Crippen molar-refractivity contribution >= 4 is 39.9 Å². The van der Waals surface area contributed by atoms with Crippen molar-refractivity contribution < 1.29 is 14.1 Å². The van der Waals surface area contributed by atoms with Crippen LogP contribution in [0.25, 0.3) is 0 Å². The molecule has 0 aliphatic carbocycles. The van der Waals surface area contributed by atoms with Crippen molar-refractivity contribution in [1.29, 1.82) is 0 Å². The standard InChI is InChI=1S/C21H19ClFN5O3S/c1-13-12-26(21-24-19(25-32-21)10-14-2-4-15(23)5-3-14)8-9-27(13)20(29)17-7-6-16(28(30)31)11-18(17)22/h2-7,11,13H,8-10,12H2,1H3. The summed E-state index contributed by atoms with van der Waals surface area (Å²) in [6, 6.07) is 10.0. The fourth-order valence-corrected chi connectivity index (χ4v) is 4.58. The average molecular weight is 476 g/mol. The fourth-order valence-electron chi connectivity index (χ4n) is 3.61. The van der Waals surface area contributed by atoms with Crippen LogP contribution >= 0.6 is 23.1 Å². The minimum absolute atomic E-state index is 0.0633. The Hall–Kier alpha value is -3.11. The van der Waals surface area contributed by atoms with E-state index < -0.39 is 4.92 Å². The Morgan fingerprint density at radius 3 is 2.69 bits per heavy atom. The number of anilines is 1. The second kappa shape index (κ2) is 9.17. The molecule has 1 aliphatic rings. The molecule has 1 amide bonds. The number of hydrogen-bond donors (Lipinski definition) is 0. The molecule has 0 N–H and O–H groups in total. The average Bonchev–Trinajstić information content (AvgIpc) is 3.23. The summed E-state index contributed by atoms with van der Waals surface area (Å²) in [6.45, 7) is 3.54. The Morgan fingerprint density at radius 2 is 2.03 bits per heavy atom. The Balaban J connectivity index is 1.41. The fraction of sp³-hybridized carbons (Fsp3) is 0.286. The second-order valence-corrected chi connectivity index (χ2v) is 8.65. The van der Waals surface area contributed by atoms with E-state index in [1.165, 1.54) is 41.9 Å². The van der Waals surface area contributed by atoms with Gasteiger partial charge in [0.15, 0.2) is 0 Å². The molecule has 32 heavy (non-hydrogen) atoms. The van der Waals surface area contributed by atoms with Crippen LogP contribution in [0.15, 0.2) is 42.5 Å². The van der Waals surface area contributed by atoms with E-state index in [4.69, 9.17) is 11.6 Å². The zero-order valence-corrected chi connectivity index (χ0v) is 18.6. The Labute approximate surface area is 192 Å². The monoisotopic (exact) mass is 475 g/mol. The van der Waals surface area contributed by atoms with Crippen molar-refractivity contribution in [2.75, 3.05) is 24.5 Å². The van der Waals surface area contributed by atoms with Crippen LogP contribution in [-0.2, 0) is 6.42 Å². The van der Waals surface area contributed by atoms with Gasteiger partial charge in [-0.15, -0.1) is 0 Å². The van der Waals surface area contributed by atoms with Gasteiger partial charge in [-0.25, -0.2) is 9.37 Å². The maximum absolute atomic E-state index is 13.1. The van der Waals surface area contributed by atoms with E-state index in [0.717, 1.165) is 10.7 Å². The lowest BCUT2D eigenvalue weighted by Crippen LogP contribution is -2.54. The van der Waals surface area contributed by atoms with Gasteiger partial charge in [-0.2, -0.15) is 4.37 Å². The van der Waals surface area contributed by atoms with Gasteiger partial charge in [-0.3, -0.25) is 14.9 Å². The summed E-state index contributed by atoms with van der Waals surface area (Å²) in [5.74, 6) is 0.129.